The van der Waals surface area contributed by atoms with E-state index in [-0.39, 0.29) is 5.91 Å². The van der Waals surface area contributed by atoms with E-state index in [0.717, 1.165) is 5.56 Å². The topological polar surface area (TPSA) is 84.1 Å². The van der Waals surface area contributed by atoms with Crippen molar-refractivity contribution < 1.29 is 14.3 Å². The molecule has 2 aromatic heterocycles. The molecule has 0 bridgehead atoms. The van der Waals surface area contributed by atoms with Crippen molar-refractivity contribution in [2.24, 2.45) is 11.8 Å². The molecule has 0 aliphatic heterocycles. The van der Waals surface area contributed by atoms with Crippen molar-refractivity contribution in [3.05, 3.63) is 35.0 Å². The van der Waals surface area contributed by atoms with Crippen LogP contribution >= 0.6 is 11.3 Å². The Balaban J connectivity index is 1.44. The average molecular weight is 357 g/mol. The molecule has 2 saturated carbocycles. The van der Waals surface area contributed by atoms with Gasteiger partial charge in [0.2, 0.25) is 5.91 Å². The Bertz CT molecular complexity index is 829. The number of anilines is 1. The van der Waals surface area contributed by atoms with Gasteiger partial charge < -0.3 is 9.72 Å². The molecule has 2 N–H and O–H groups in total. The molecular formula is C18H19N3O3S. The largest absolute Gasteiger partial charge is 0.464 e. The Labute approximate surface area is 149 Å². The predicted molar refractivity (Wildman–Crippen MR) is 95.4 cm³/mol. The molecule has 0 saturated heterocycles. The lowest BCUT2D eigenvalue weighted by Crippen LogP contribution is -2.09. The number of nitrogens with zero attached hydrogens (tertiary/aromatic N) is 1. The smallest absolute Gasteiger partial charge is 0.354 e. The van der Waals surface area contributed by atoms with E-state index in [1.54, 1.807) is 18.3 Å². The number of thiazole rings is 1. The number of allylic oxidation sites excluding steroid dienone is 1. The number of amides is 1. The number of hydrogen-bond donors (Lipinski definition) is 2. The van der Waals surface area contributed by atoms with Crippen LogP contribution in [0.3, 0.4) is 0 Å². The number of esters is 1. The van der Waals surface area contributed by atoms with Crippen LogP contribution in [0.1, 0.15) is 36.2 Å². The van der Waals surface area contributed by atoms with Crippen LogP contribution in [-0.2, 0) is 9.53 Å². The summed E-state index contributed by atoms with van der Waals surface area (Å²) in [4.78, 5) is 31.1. The van der Waals surface area contributed by atoms with Crippen LogP contribution in [0.4, 0.5) is 5.13 Å². The summed E-state index contributed by atoms with van der Waals surface area (Å²) in [5, 5.41) is 5.27. The first-order valence-electron chi connectivity index (χ1n) is 8.39. The quantitative estimate of drug-likeness (QED) is 0.611. The molecule has 25 heavy (non-hydrogen) atoms. The fourth-order valence-electron chi connectivity index (χ4n) is 2.93. The van der Waals surface area contributed by atoms with Gasteiger partial charge in [0, 0.05) is 23.2 Å². The van der Waals surface area contributed by atoms with Crippen LogP contribution in [0, 0.1) is 11.8 Å². The molecule has 1 amide bonds. The standard InChI is InChI=1S/C18H19N3O3S/c1-24-17(23)14-6-12(8-19-14)15-9-25-18(20-15)21-16(22)7-13(10-2-3-10)11-4-5-11/h6-11,19H,2-5H2,1H3,(H,20,21,22). The number of nitrogens with one attached hydrogen (secondary N) is 2. The second-order valence-electron chi connectivity index (χ2n) is 6.51. The summed E-state index contributed by atoms with van der Waals surface area (Å²) in [5.41, 5.74) is 3.18. The fourth-order valence-corrected chi connectivity index (χ4v) is 3.65. The Morgan fingerprint density at radius 2 is 2.04 bits per heavy atom. The normalized spacial score (nSPS) is 16.4. The van der Waals surface area contributed by atoms with E-state index >= 15 is 0 Å². The zero-order valence-corrected chi connectivity index (χ0v) is 14.7. The minimum atomic E-state index is -0.423. The molecule has 7 heteroatoms. The molecule has 0 spiro atoms. The number of H-pyrrole nitrogens is 1. The Morgan fingerprint density at radius 3 is 2.68 bits per heavy atom. The van der Waals surface area contributed by atoms with Gasteiger partial charge in [0.15, 0.2) is 5.13 Å². The van der Waals surface area contributed by atoms with Gasteiger partial charge in [-0.1, -0.05) is 5.57 Å². The lowest BCUT2D eigenvalue weighted by molar-refractivity contribution is -0.112. The monoisotopic (exact) mass is 357 g/mol. The third-order valence-corrected chi connectivity index (χ3v) is 5.27. The zero-order valence-electron chi connectivity index (χ0n) is 13.9. The maximum Gasteiger partial charge on any atom is 0.354 e. The molecule has 6 nitrogen and oxygen atoms in total. The highest BCUT2D eigenvalue weighted by molar-refractivity contribution is 7.14. The highest BCUT2D eigenvalue weighted by Crippen LogP contribution is 2.48. The summed E-state index contributed by atoms with van der Waals surface area (Å²) in [6, 6.07) is 1.69. The molecule has 0 unspecified atom stereocenters. The van der Waals surface area contributed by atoms with Crippen molar-refractivity contribution in [2.45, 2.75) is 25.7 Å². The van der Waals surface area contributed by atoms with Gasteiger partial charge in [-0.2, -0.15) is 0 Å². The number of aromatic nitrogens is 2. The number of methoxy groups -OCH3 is 1. The van der Waals surface area contributed by atoms with Crippen LogP contribution in [0.5, 0.6) is 0 Å². The molecule has 130 valence electrons. The fraction of sp³-hybridized carbons (Fsp3) is 0.389. The van der Waals surface area contributed by atoms with Crippen LogP contribution in [0.15, 0.2) is 29.3 Å². The van der Waals surface area contributed by atoms with Gasteiger partial charge in [-0.3, -0.25) is 10.1 Å². The van der Waals surface area contributed by atoms with Crippen molar-refractivity contribution in [3.63, 3.8) is 0 Å². The molecule has 4 rings (SSSR count). The summed E-state index contributed by atoms with van der Waals surface area (Å²) in [5.74, 6) is 0.732. The van der Waals surface area contributed by atoms with Gasteiger partial charge in [0.1, 0.15) is 5.69 Å². The van der Waals surface area contributed by atoms with Crippen molar-refractivity contribution >= 4 is 28.3 Å². The molecule has 0 radical (unpaired) electrons. The molecule has 2 heterocycles. The summed E-state index contributed by atoms with van der Waals surface area (Å²) >= 11 is 1.37. The number of ether oxygens (including phenoxy) is 1. The second-order valence-corrected chi connectivity index (χ2v) is 7.37. The maximum atomic E-state index is 12.3. The van der Waals surface area contributed by atoms with Gasteiger partial charge in [-0.25, -0.2) is 9.78 Å². The van der Waals surface area contributed by atoms with Gasteiger partial charge in [-0.05, 0) is 43.6 Å². The number of aromatic amines is 1. The maximum absolute atomic E-state index is 12.3. The van der Waals surface area contributed by atoms with Gasteiger partial charge in [-0.15, -0.1) is 11.3 Å². The number of carbonyl (C=O) groups is 2. The minimum absolute atomic E-state index is 0.0981. The van der Waals surface area contributed by atoms with Gasteiger partial charge in [0.05, 0.1) is 12.8 Å². The number of rotatable bonds is 6. The molecule has 2 aromatic rings. The van der Waals surface area contributed by atoms with Crippen molar-refractivity contribution in [3.8, 4) is 11.3 Å². The molecular weight excluding hydrogens is 338 g/mol. The summed E-state index contributed by atoms with van der Waals surface area (Å²) < 4.78 is 4.68. The molecule has 0 atom stereocenters. The third-order valence-electron chi connectivity index (χ3n) is 4.51. The molecule has 2 aliphatic carbocycles. The lowest BCUT2D eigenvalue weighted by atomic mass is 10.1. The highest BCUT2D eigenvalue weighted by atomic mass is 32.1. The average Bonchev–Trinajstić information content (AvgIpc) is 3.53. The van der Waals surface area contributed by atoms with Gasteiger partial charge in [0.25, 0.3) is 0 Å². The van der Waals surface area contributed by atoms with Crippen molar-refractivity contribution in [1.29, 1.82) is 0 Å². The van der Waals surface area contributed by atoms with Gasteiger partial charge >= 0.3 is 5.97 Å². The van der Waals surface area contributed by atoms with Crippen LogP contribution in [0.25, 0.3) is 11.3 Å². The highest BCUT2D eigenvalue weighted by Gasteiger charge is 2.36. The van der Waals surface area contributed by atoms with E-state index in [1.807, 2.05) is 5.38 Å². The molecule has 0 aromatic carbocycles. The van der Waals surface area contributed by atoms with E-state index in [2.05, 4.69) is 20.0 Å². The predicted octanol–water partition coefficient (Wildman–Crippen LogP) is 3.61. The van der Waals surface area contributed by atoms with Crippen molar-refractivity contribution in [1.82, 2.24) is 9.97 Å². The molecule has 2 fully saturated rings. The van der Waals surface area contributed by atoms with E-state index in [4.69, 9.17) is 0 Å². The summed E-state index contributed by atoms with van der Waals surface area (Å²) in [7, 11) is 1.34. The lowest BCUT2D eigenvalue weighted by Gasteiger charge is -2.03. The van der Waals surface area contributed by atoms with Crippen LogP contribution < -0.4 is 5.32 Å². The Hall–Kier alpha value is -2.41. The zero-order chi connectivity index (χ0) is 17.4. The Morgan fingerprint density at radius 1 is 1.32 bits per heavy atom. The van der Waals surface area contributed by atoms with E-state index < -0.39 is 5.97 Å². The summed E-state index contributed by atoms with van der Waals surface area (Å²) in [6.45, 7) is 0. The first kappa shape index (κ1) is 16.1. The third kappa shape index (κ3) is 3.66. The number of carbonyl (C=O) groups excluding carboxylic acids is 2. The Kier molecular flexibility index (Phi) is 4.17. The summed E-state index contributed by atoms with van der Waals surface area (Å²) in [6.07, 6.45) is 8.34. The van der Waals surface area contributed by atoms with E-state index in [0.29, 0.717) is 28.4 Å². The minimum Gasteiger partial charge on any atom is -0.464 e. The van der Waals surface area contributed by atoms with Crippen LogP contribution in [-0.4, -0.2) is 29.0 Å². The van der Waals surface area contributed by atoms with Crippen LogP contribution in [0.2, 0.25) is 0 Å². The van der Waals surface area contributed by atoms with Crippen molar-refractivity contribution in [2.75, 3.05) is 12.4 Å². The SMILES string of the molecule is COC(=O)c1cc(-c2csc(NC(=O)C=C(C3CC3)C3CC3)n2)c[nH]1. The number of hydrogen-bond acceptors (Lipinski definition) is 5. The first-order valence-corrected chi connectivity index (χ1v) is 9.27. The van der Waals surface area contributed by atoms with E-state index in [9.17, 15) is 9.59 Å². The first-order chi connectivity index (χ1) is 12.1. The second kappa shape index (κ2) is 6.48. The molecule has 2 aliphatic rings. The van der Waals surface area contributed by atoms with E-state index in [1.165, 1.54) is 49.7 Å².